The number of hydrogen-bond acceptors (Lipinski definition) is 7. The fourth-order valence-corrected chi connectivity index (χ4v) is 1.20. The van der Waals surface area contributed by atoms with Crippen molar-refractivity contribution in [1.29, 1.82) is 0 Å². The number of nitrogens with zero attached hydrogens (tertiary/aromatic N) is 3. The van der Waals surface area contributed by atoms with Crippen LogP contribution >= 0.6 is 0 Å². The first-order valence-electron chi connectivity index (χ1n) is 6.15. The van der Waals surface area contributed by atoms with Gasteiger partial charge in [0.1, 0.15) is 25.4 Å². The van der Waals surface area contributed by atoms with Gasteiger partial charge in [0.2, 0.25) is 0 Å². The molecule has 0 N–H and O–H groups in total. The van der Waals surface area contributed by atoms with Crippen LogP contribution in [-0.4, -0.2) is 47.0 Å². The molecule has 2 heterocycles. The molecule has 1 aromatic rings. The quantitative estimate of drug-likeness (QED) is 0.496. The number of aromatic nitrogens is 3. The molecule has 1 aromatic heterocycles. The molecule has 1 atom stereocenters. The van der Waals surface area contributed by atoms with E-state index < -0.39 is 0 Å². The summed E-state index contributed by atoms with van der Waals surface area (Å²) in [4.78, 5) is 12.1. The van der Waals surface area contributed by atoms with Crippen LogP contribution in [0.25, 0.3) is 0 Å². The van der Waals surface area contributed by atoms with Crippen LogP contribution in [0.4, 0.5) is 0 Å². The van der Waals surface area contributed by atoms with E-state index in [2.05, 4.69) is 28.1 Å². The summed E-state index contributed by atoms with van der Waals surface area (Å²) < 4.78 is 21.2. The average molecular weight is 279 g/mol. The molecular weight excluding hydrogens is 262 g/mol. The van der Waals surface area contributed by atoms with E-state index in [1.165, 1.54) is 0 Å². The molecule has 0 spiro atoms. The SMILES string of the molecule is C=CCOc1nc(OCC=C)nc(OCC2(C)CO2)n1. The maximum absolute atomic E-state index is 5.48. The van der Waals surface area contributed by atoms with Crippen LogP contribution in [0.2, 0.25) is 0 Å². The predicted octanol–water partition coefficient (Wildman–Crippen LogP) is 1.17. The molecule has 0 aliphatic carbocycles. The Morgan fingerprint density at radius 1 is 1.05 bits per heavy atom. The van der Waals surface area contributed by atoms with Gasteiger partial charge in [0, 0.05) is 0 Å². The molecule has 7 heteroatoms. The minimum absolute atomic E-state index is 0.121. The van der Waals surface area contributed by atoms with Crippen molar-refractivity contribution in [2.24, 2.45) is 0 Å². The highest BCUT2D eigenvalue weighted by molar-refractivity contribution is 5.10. The summed E-state index contributed by atoms with van der Waals surface area (Å²) in [6.07, 6.45) is 3.18. The van der Waals surface area contributed by atoms with Gasteiger partial charge in [-0.25, -0.2) is 0 Å². The van der Waals surface area contributed by atoms with Gasteiger partial charge >= 0.3 is 18.0 Å². The molecule has 1 saturated heterocycles. The highest BCUT2D eigenvalue weighted by Gasteiger charge is 2.40. The molecule has 20 heavy (non-hydrogen) atoms. The predicted molar refractivity (Wildman–Crippen MR) is 71.1 cm³/mol. The van der Waals surface area contributed by atoms with Crippen LogP contribution in [0.5, 0.6) is 18.0 Å². The zero-order valence-electron chi connectivity index (χ0n) is 11.4. The minimum atomic E-state index is -0.253. The van der Waals surface area contributed by atoms with E-state index in [4.69, 9.17) is 18.9 Å². The molecule has 7 nitrogen and oxygen atoms in total. The topological polar surface area (TPSA) is 78.9 Å². The van der Waals surface area contributed by atoms with Crippen LogP contribution in [0, 0.1) is 0 Å². The monoisotopic (exact) mass is 279 g/mol. The Morgan fingerprint density at radius 3 is 1.90 bits per heavy atom. The van der Waals surface area contributed by atoms with E-state index in [1.807, 2.05) is 6.92 Å². The first-order valence-corrected chi connectivity index (χ1v) is 6.15. The van der Waals surface area contributed by atoms with Gasteiger partial charge in [-0.3, -0.25) is 0 Å². The number of hydrogen-bond donors (Lipinski definition) is 0. The van der Waals surface area contributed by atoms with Crippen molar-refractivity contribution in [3.8, 4) is 18.0 Å². The molecule has 1 unspecified atom stereocenters. The Bertz CT molecular complexity index is 458. The van der Waals surface area contributed by atoms with Crippen molar-refractivity contribution >= 4 is 0 Å². The molecule has 0 aromatic carbocycles. The summed E-state index contributed by atoms with van der Waals surface area (Å²) in [5.41, 5.74) is -0.253. The maximum Gasteiger partial charge on any atom is 0.326 e. The summed E-state index contributed by atoms with van der Waals surface area (Å²) in [6.45, 7) is 10.7. The molecule has 2 rings (SSSR count). The molecule has 1 aliphatic rings. The molecular formula is C13H17N3O4. The molecule has 1 aliphatic heterocycles. The summed E-state index contributed by atoms with van der Waals surface area (Å²) in [7, 11) is 0. The number of epoxide rings is 1. The Labute approximate surface area is 117 Å². The van der Waals surface area contributed by atoms with Gasteiger partial charge in [-0.1, -0.05) is 25.3 Å². The summed E-state index contributed by atoms with van der Waals surface area (Å²) >= 11 is 0. The van der Waals surface area contributed by atoms with Crippen molar-refractivity contribution in [2.75, 3.05) is 26.4 Å². The lowest BCUT2D eigenvalue weighted by molar-refractivity contribution is 0.184. The van der Waals surface area contributed by atoms with Crippen LogP contribution in [0.3, 0.4) is 0 Å². The van der Waals surface area contributed by atoms with Gasteiger partial charge in [0.15, 0.2) is 0 Å². The molecule has 108 valence electrons. The van der Waals surface area contributed by atoms with Gasteiger partial charge in [0.05, 0.1) is 6.61 Å². The fourth-order valence-electron chi connectivity index (χ4n) is 1.20. The van der Waals surface area contributed by atoms with E-state index in [9.17, 15) is 0 Å². The third kappa shape index (κ3) is 4.20. The van der Waals surface area contributed by atoms with Crippen molar-refractivity contribution in [2.45, 2.75) is 12.5 Å². The third-order valence-corrected chi connectivity index (χ3v) is 2.38. The van der Waals surface area contributed by atoms with Gasteiger partial charge in [-0.2, -0.15) is 0 Å². The molecule has 1 fully saturated rings. The highest BCUT2D eigenvalue weighted by atomic mass is 16.6. The second kappa shape index (κ2) is 6.33. The normalized spacial score (nSPS) is 20.1. The lowest BCUT2D eigenvalue weighted by Gasteiger charge is -2.09. The number of rotatable bonds is 9. The lowest BCUT2D eigenvalue weighted by atomic mass is 10.2. The summed E-state index contributed by atoms with van der Waals surface area (Å²) in [5.74, 6) is 0. The first kappa shape index (κ1) is 14.3. The summed E-state index contributed by atoms with van der Waals surface area (Å²) in [5, 5.41) is 0. The zero-order valence-corrected chi connectivity index (χ0v) is 11.4. The molecule has 0 bridgehead atoms. The second-order valence-corrected chi connectivity index (χ2v) is 4.41. The standard InChI is InChI=1S/C13H17N3O4/c1-4-6-17-10-14-11(18-7-5-2)16-12(15-10)19-8-13(3)9-20-13/h4-5H,1-2,6-9H2,3H3. The fraction of sp³-hybridized carbons (Fsp3) is 0.462. The molecule has 0 radical (unpaired) electrons. The van der Waals surface area contributed by atoms with Crippen LogP contribution < -0.4 is 14.2 Å². The Hall–Kier alpha value is -2.15. The van der Waals surface area contributed by atoms with Crippen molar-refractivity contribution < 1.29 is 18.9 Å². The smallest absolute Gasteiger partial charge is 0.326 e. The minimum Gasteiger partial charge on any atom is -0.460 e. The molecule has 0 saturated carbocycles. The lowest BCUT2D eigenvalue weighted by Crippen LogP contribution is -2.18. The molecule has 0 amide bonds. The van der Waals surface area contributed by atoms with Crippen LogP contribution in [0.1, 0.15) is 6.92 Å². The van der Waals surface area contributed by atoms with Crippen LogP contribution in [0.15, 0.2) is 25.3 Å². The Balaban J connectivity index is 2.06. The Kier molecular flexibility index (Phi) is 4.52. The maximum atomic E-state index is 5.48. The van der Waals surface area contributed by atoms with E-state index in [0.717, 1.165) is 0 Å². The van der Waals surface area contributed by atoms with E-state index in [1.54, 1.807) is 12.2 Å². The van der Waals surface area contributed by atoms with Gasteiger partial charge in [-0.05, 0) is 6.92 Å². The van der Waals surface area contributed by atoms with Crippen molar-refractivity contribution in [3.63, 3.8) is 0 Å². The highest BCUT2D eigenvalue weighted by Crippen LogP contribution is 2.26. The van der Waals surface area contributed by atoms with E-state index >= 15 is 0 Å². The zero-order chi connectivity index (χ0) is 14.4. The number of ether oxygens (including phenoxy) is 4. The third-order valence-electron chi connectivity index (χ3n) is 2.38. The van der Waals surface area contributed by atoms with Crippen molar-refractivity contribution in [1.82, 2.24) is 15.0 Å². The average Bonchev–Trinajstić information content (AvgIpc) is 3.19. The van der Waals surface area contributed by atoms with Crippen molar-refractivity contribution in [3.05, 3.63) is 25.3 Å². The Morgan fingerprint density at radius 2 is 1.50 bits per heavy atom. The first-order chi connectivity index (χ1) is 9.65. The van der Waals surface area contributed by atoms with E-state index in [0.29, 0.717) is 13.2 Å². The second-order valence-electron chi connectivity index (χ2n) is 4.41. The largest absolute Gasteiger partial charge is 0.460 e. The van der Waals surface area contributed by atoms with E-state index in [-0.39, 0.29) is 36.8 Å². The van der Waals surface area contributed by atoms with Gasteiger partial charge in [0.25, 0.3) is 0 Å². The summed E-state index contributed by atoms with van der Waals surface area (Å²) in [6, 6.07) is 0.376. The van der Waals surface area contributed by atoms with Crippen LogP contribution in [-0.2, 0) is 4.74 Å². The van der Waals surface area contributed by atoms with Gasteiger partial charge < -0.3 is 18.9 Å². The van der Waals surface area contributed by atoms with Gasteiger partial charge in [-0.15, -0.1) is 15.0 Å².